The summed E-state index contributed by atoms with van der Waals surface area (Å²) in [4.78, 5) is 4.66. The first kappa shape index (κ1) is 21.9. The average molecular weight is 423 g/mol. The molecule has 3 N–H and O–H groups in total. The van der Waals surface area contributed by atoms with Crippen molar-refractivity contribution in [2.45, 2.75) is 64.0 Å². The minimum atomic E-state index is -3.14. The van der Waals surface area contributed by atoms with Crippen LogP contribution in [-0.2, 0) is 10.0 Å². The first-order chi connectivity index (χ1) is 14.0. The Kier molecular flexibility index (Phi) is 7.40. The molecule has 2 aliphatic rings. The number of rotatable bonds is 8. The number of ether oxygens (including phenoxy) is 1. The predicted octanol–water partition coefficient (Wildman–Crippen LogP) is 2.71. The molecule has 0 amide bonds. The predicted molar refractivity (Wildman–Crippen MR) is 117 cm³/mol. The number of nitrogens with zero attached hydrogens (tertiary/aromatic N) is 1. The maximum Gasteiger partial charge on any atom is 0.211 e. The van der Waals surface area contributed by atoms with E-state index in [2.05, 4.69) is 32.5 Å². The van der Waals surface area contributed by atoms with Crippen LogP contribution in [0.4, 0.5) is 0 Å². The first-order valence-corrected chi connectivity index (χ1v) is 12.4. The van der Waals surface area contributed by atoms with E-state index in [1.54, 1.807) is 6.92 Å². The van der Waals surface area contributed by atoms with Gasteiger partial charge in [0.2, 0.25) is 10.0 Å². The maximum atomic E-state index is 11.5. The number of nitrogens with one attached hydrogen (secondary N) is 3. The van der Waals surface area contributed by atoms with E-state index in [0.29, 0.717) is 19.5 Å². The summed E-state index contributed by atoms with van der Waals surface area (Å²) in [7, 11) is -3.14. The molecule has 1 aromatic rings. The monoisotopic (exact) mass is 422 g/mol. The van der Waals surface area contributed by atoms with Gasteiger partial charge < -0.3 is 15.4 Å². The van der Waals surface area contributed by atoms with Crippen LogP contribution < -0.4 is 20.1 Å². The summed E-state index contributed by atoms with van der Waals surface area (Å²) < 4.78 is 32.1. The number of guanidine groups is 1. The molecule has 0 aromatic heterocycles. The number of fused-ring (bicyclic) bond motifs is 1. The zero-order valence-electron chi connectivity index (χ0n) is 17.5. The fourth-order valence-electron chi connectivity index (χ4n) is 4.16. The average Bonchev–Trinajstić information content (AvgIpc) is 3.15. The van der Waals surface area contributed by atoms with Crippen molar-refractivity contribution in [3.05, 3.63) is 29.8 Å². The molecule has 1 atom stereocenters. The standard InChI is InChI=1S/C21H34N4O3S/c1-3-22-20(23-14-9-15-24-29(26,27)4-2)25-18-16-21(12-7-8-13-21)28-19-11-6-5-10-17(18)19/h5-6,10-11,18,24H,3-4,7-9,12-16H2,1-2H3,(H2,22,23,25). The Morgan fingerprint density at radius 1 is 1.24 bits per heavy atom. The molecule has 0 bridgehead atoms. The van der Waals surface area contributed by atoms with Gasteiger partial charge in [-0.25, -0.2) is 13.1 Å². The molecule has 29 heavy (non-hydrogen) atoms. The van der Waals surface area contributed by atoms with Gasteiger partial charge in [-0.05, 0) is 52.0 Å². The van der Waals surface area contributed by atoms with Gasteiger partial charge in [0.05, 0.1) is 11.8 Å². The van der Waals surface area contributed by atoms with E-state index in [-0.39, 0.29) is 17.4 Å². The molecule has 1 spiro atoms. The van der Waals surface area contributed by atoms with Crippen LogP contribution in [0.25, 0.3) is 0 Å². The van der Waals surface area contributed by atoms with Crippen molar-refractivity contribution in [2.75, 3.05) is 25.4 Å². The van der Waals surface area contributed by atoms with Crippen LogP contribution in [0.2, 0.25) is 0 Å². The largest absolute Gasteiger partial charge is 0.487 e. The van der Waals surface area contributed by atoms with E-state index in [4.69, 9.17) is 4.74 Å². The SMILES string of the molecule is CCNC(=NCCCNS(=O)(=O)CC)NC1CC2(CCCC2)Oc2ccccc21. The van der Waals surface area contributed by atoms with Crippen molar-refractivity contribution in [3.63, 3.8) is 0 Å². The van der Waals surface area contributed by atoms with Crippen LogP contribution in [0.15, 0.2) is 29.3 Å². The molecule has 1 unspecified atom stereocenters. The molecule has 1 heterocycles. The summed E-state index contributed by atoms with van der Waals surface area (Å²) in [5.41, 5.74) is 1.10. The number of benzene rings is 1. The highest BCUT2D eigenvalue weighted by Crippen LogP contribution is 2.46. The van der Waals surface area contributed by atoms with Crippen LogP contribution in [0.3, 0.4) is 0 Å². The molecule has 3 rings (SSSR count). The molecule has 1 fully saturated rings. The molecule has 8 heteroatoms. The van der Waals surface area contributed by atoms with Gasteiger partial charge in [0, 0.05) is 31.6 Å². The van der Waals surface area contributed by atoms with Crippen molar-refractivity contribution in [1.29, 1.82) is 0 Å². The molecule has 1 aliphatic carbocycles. The molecular formula is C21H34N4O3S. The van der Waals surface area contributed by atoms with Crippen molar-refractivity contribution >= 4 is 16.0 Å². The fourth-order valence-corrected chi connectivity index (χ4v) is 4.82. The smallest absolute Gasteiger partial charge is 0.211 e. The first-order valence-electron chi connectivity index (χ1n) is 10.8. The number of aliphatic imine (C=N–C) groups is 1. The third-order valence-corrected chi connectivity index (χ3v) is 7.08. The Hall–Kier alpha value is -1.80. The van der Waals surface area contributed by atoms with Crippen molar-refractivity contribution < 1.29 is 13.2 Å². The van der Waals surface area contributed by atoms with Gasteiger partial charge in [0.15, 0.2) is 5.96 Å². The Labute approximate surface area is 174 Å². The lowest BCUT2D eigenvalue weighted by atomic mass is 9.86. The third kappa shape index (κ3) is 5.85. The van der Waals surface area contributed by atoms with Gasteiger partial charge in [-0.2, -0.15) is 0 Å². The highest BCUT2D eigenvalue weighted by molar-refractivity contribution is 7.89. The highest BCUT2D eigenvalue weighted by Gasteiger charge is 2.43. The summed E-state index contributed by atoms with van der Waals surface area (Å²) in [6.07, 6.45) is 6.23. The highest BCUT2D eigenvalue weighted by atomic mass is 32.2. The lowest BCUT2D eigenvalue weighted by molar-refractivity contribution is 0.0396. The van der Waals surface area contributed by atoms with E-state index in [1.807, 2.05) is 19.1 Å². The van der Waals surface area contributed by atoms with Crippen LogP contribution in [0, 0.1) is 0 Å². The number of para-hydroxylation sites is 1. The summed E-state index contributed by atoms with van der Waals surface area (Å²) in [5.74, 6) is 1.84. The second-order valence-electron chi connectivity index (χ2n) is 7.84. The van der Waals surface area contributed by atoms with Crippen molar-refractivity contribution in [3.8, 4) is 5.75 Å². The summed E-state index contributed by atoms with van der Waals surface area (Å²) in [5, 5.41) is 6.92. The zero-order chi connectivity index (χ0) is 20.7. The van der Waals surface area contributed by atoms with Crippen LogP contribution in [0.5, 0.6) is 5.75 Å². The van der Waals surface area contributed by atoms with E-state index in [1.165, 1.54) is 18.4 Å². The molecule has 1 aliphatic heterocycles. The Balaban J connectivity index is 1.65. The Bertz CT molecular complexity index is 804. The third-order valence-electron chi connectivity index (χ3n) is 5.67. The van der Waals surface area contributed by atoms with Crippen LogP contribution >= 0.6 is 0 Å². The van der Waals surface area contributed by atoms with Gasteiger partial charge >= 0.3 is 0 Å². The van der Waals surface area contributed by atoms with Crippen LogP contribution in [-0.4, -0.2) is 45.4 Å². The summed E-state index contributed by atoms with van der Waals surface area (Å²) >= 11 is 0. The van der Waals surface area contributed by atoms with Gasteiger partial charge in [0.25, 0.3) is 0 Å². The minimum absolute atomic E-state index is 0.0677. The number of sulfonamides is 1. The van der Waals surface area contributed by atoms with Gasteiger partial charge in [-0.3, -0.25) is 4.99 Å². The second kappa shape index (κ2) is 9.80. The number of hydrogen-bond acceptors (Lipinski definition) is 4. The van der Waals surface area contributed by atoms with Crippen molar-refractivity contribution in [2.24, 2.45) is 4.99 Å². The van der Waals surface area contributed by atoms with Crippen LogP contribution in [0.1, 0.15) is 64.0 Å². The molecule has 1 saturated carbocycles. The van der Waals surface area contributed by atoms with Crippen molar-refractivity contribution in [1.82, 2.24) is 15.4 Å². The minimum Gasteiger partial charge on any atom is -0.487 e. The molecule has 0 radical (unpaired) electrons. The van der Waals surface area contributed by atoms with Gasteiger partial charge in [-0.15, -0.1) is 0 Å². The fraction of sp³-hybridized carbons (Fsp3) is 0.667. The van der Waals surface area contributed by atoms with Gasteiger partial charge in [-0.1, -0.05) is 18.2 Å². The molecule has 7 nitrogen and oxygen atoms in total. The van der Waals surface area contributed by atoms with E-state index < -0.39 is 10.0 Å². The lowest BCUT2D eigenvalue weighted by Crippen LogP contribution is -2.46. The maximum absolute atomic E-state index is 11.5. The normalized spacial score (nSPS) is 20.9. The van der Waals surface area contributed by atoms with Gasteiger partial charge in [0.1, 0.15) is 11.4 Å². The summed E-state index contributed by atoms with van der Waals surface area (Å²) in [6.45, 7) is 5.41. The van der Waals surface area contributed by atoms with E-state index >= 15 is 0 Å². The lowest BCUT2D eigenvalue weighted by Gasteiger charge is -2.40. The van der Waals surface area contributed by atoms with E-state index in [0.717, 1.165) is 37.5 Å². The zero-order valence-corrected chi connectivity index (χ0v) is 18.4. The molecule has 0 saturated heterocycles. The molecule has 162 valence electrons. The Morgan fingerprint density at radius 2 is 2.00 bits per heavy atom. The molecular weight excluding hydrogens is 388 g/mol. The topological polar surface area (TPSA) is 91.8 Å². The molecule has 1 aromatic carbocycles. The number of hydrogen-bond donors (Lipinski definition) is 3. The quantitative estimate of drug-likeness (QED) is 0.340. The second-order valence-corrected chi connectivity index (χ2v) is 9.94. The summed E-state index contributed by atoms with van der Waals surface area (Å²) in [6, 6.07) is 8.41. The Morgan fingerprint density at radius 3 is 2.72 bits per heavy atom. The van der Waals surface area contributed by atoms with E-state index in [9.17, 15) is 8.42 Å².